The second-order valence-electron chi connectivity index (χ2n) is 4.31. The van der Waals surface area contributed by atoms with Crippen molar-refractivity contribution in [3.05, 3.63) is 41.5 Å². The first-order valence-electron chi connectivity index (χ1n) is 5.82. The van der Waals surface area contributed by atoms with Crippen LogP contribution < -0.4 is 5.43 Å². The summed E-state index contributed by atoms with van der Waals surface area (Å²) in [4.78, 5) is 11.3. The van der Waals surface area contributed by atoms with Gasteiger partial charge in [0.2, 0.25) is 5.91 Å². The minimum Gasteiger partial charge on any atom is -0.273 e. The Morgan fingerprint density at radius 3 is 2.71 bits per heavy atom. The Morgan fingerprint density at radius 1 is 1.35 bits per heavy atom. The van der Waals surface area contributed by atoms with E-state index in [9.17, 15) is 4.79 Å². The van der Waals surface area contributed by atoms with E-state index in [1.54, 1.807) is 6.21 Å². The van der Waals surface area contributed by atoms with Gasteiger partial charge in [-0.05, 0) is 30.9 Å². The third-order valence-electron chi connectivity index (χ3n) is 2.58. The van der Waals surface area contributed by atoms with E-state index < -0.39 is 0 Å². The molecule has 0 spiro atoms. The van der Waals surface area contributed by atoms with Crippen molar-refractivity contribution in [3.8, 4) is 0 Å². The van der Waals surface area contributed by atoms with Crippen molar-refractivity contribution < 1.29 is 4.79 Å². The van der Waals surface area contributed by atoms with E-state index in [2.05, 4.69) is 10.5 Å². The Hall–Kier alpha value is -1.90. The monoisotopic (exact) mass is 228 g/mol. The second-order valence-corrected chi connectivity index (χ2v) is 4.31. The van der Waals surface area contributed by atoms with E-state index in [0.29, 0.717) is 0 Å². The molecule has 1 saturated carbocycles. The number of rotatable bonds is 4. The molecule has 88 valence electrons. The number of hydrogen-bond acceptors (Lipinski definition) is 2. The maximum Gasteiger partial charge on any atom is 0.243 e. The Kier molecular flexibility index (Phi) is 3.70. The summed E-state index contributed by atoms with van der Waals surface area (Å²) in [6.45, 7) is 1.96. The average molecular weight is 228 g/mol. The quantitative estimate of drug-likeness (QED) is 0.624. The first-order valence-corrected chi connectivity index (χ1v) is 5.82. The van der Waals surface area contributed by atoms with Crippen LogP contribution in [0.3, 0.4) is 0 Å². The lowest BCUT2D eigenvalue weighted by Crippen LogP contribution is -2.18. The second kappa shape index (κ2) is 5.43. The number of amides is 1. The Labute approximate surface area is 101 Å². The van der Waals surface area contributed by atoms with Gasteiger partial charge in [-0.2, -0.15) is 5.10 Å². The van der Waals surface area contributed by atoms with Gasteiger partial charge < -0.3 is 0 Å². The van der Waals surface area contributed by atoms with Gasteiger partial charge in [0.25, 0.3) is 0 Å². The Bertz CT molecular complexity index is 445. The predicted molar refractivity (Wildman–Crippen MR) is 69.5 cm³/mol. The molecule has 0 radical (unpaired) electrons. The van der Waals surface area contributed by atoms with Crippen LogP contribution in [0, 0.1) is 5.92 Å². The maximum atomic E-state index is 11.3. The number of benzene rings is 1. The van der Waals surface area contributed by atoms with Crippen molar-refractivity contribution in [2.24, 2.45) is 11.0 Å². The summed E-state index contributed by atoms with van der Waals surface area (Å²) in [5, 5.41) is 3.94. The predicted octanol–water partition coefficient (Wildman–Crippen LogP) is 2.60. The molecule has 1 N–H and O–H groups in total. The lowest BCUT2D eigenvalue weighted by molar-refractivity contribution is -0.122. The molecule has 1 aromatic carbocycles. The molecule has 1 aliphatic carbocycles. The van der Waals surface area contributed by atoms with Gasteiger partial charge in [0.1, 0.15) is 0 Å². The van der Waals surface area contributed by atoms with Crippen LogP contribution in [0.25, 0.3) is 6.08 Å². The van der Waals surface area contributed by atoms with Gasteiger partial charge in [-0.15, -0.1) is 0 Å². The van der Waals surface area contributed by atoms with Gasteiger partial charge in [-0.1, -0.05) is 36.4 Å². The molecule has 0 saturated heterocycles. The molecule has 2 rings (SSSR count). The van der Waals surface area contributed by atoms with E-state index in [1.807, 2.05) is 43.3 Å². The van der Waals surface area contributed by atoms with E-state index in [0.717, 1.165) is 24.0 Å². The van der Waals surface area contributed by atoms with Gasteiger partial charge in [0, 0.05) is 5.92 Å². The fraction of sp³-hybridized carbons (Fsp3) is 0.286. The smallest absolute Gasteiger partial charge is 0.243 e. The molecule has 17 heavy (non-hydrogen) atoms. The minimum atomic E-state index is 0.0359. The van der Waals surface area contributed by atoms with E-state index in [4.69, 9.17) is 0 Å². The summed E-state index contributed by atoms with van der Waals surface area (Å²) in [7, 11) is 0. The van der Waals surface area contributed by atoms with Gasteiger partial charge in [0.05, 0.1) is 6.21 Å². The molecule has 1 aromatic rings. The first kappa shape index (κ1) is 11.6. The zero-order valence-electron chi connectivity index (χ0n) is 9.89. The molecular weight excluding hydrogens is 212 g/mol. The van der Waals surface area contributed by atoms with E-state index in [1.165, 1.54) is 0 Å². The summed E-state index contributed by atoms with van der Waals surface area (Å²) >= 11 is 0. The van der Waals surface area contributed by atoms with Crippen LogP contribution >= 0.6 is 0 Å². The van der Waals surface area contributed by atoms with Crippen molar-refractivity contribution in [2.45, 2.75) is 19.8 Å². The molecule has 0 bridgehead atoms. The maximum absolute atomic E-state index is 11.3. The molecule has 0 aromatic heterocycles. The molecule has 3 heteroatoms. The first-order chi connectivity index (χ1) is 8.25. The van der Waals surface area contributed by atoms with Crippen LogP contribution in [-0.4, -0.2) is 12.1 Å². The average Bonchev–Trinajstić information content (AvgIpc) is 3.14. The highest BCUT2D eigenvalue weighted by molar-refractivity contribution is 5.87. The fourth-order valence-corrected chi connectivity index (χ4v) is 1.48. The zero-order chi connectivity index (χ0) is 12.1. The summed E-state index contributed by atoms with van der Waals surface area (Å²) < 4.78 is 0. The molecular formula is C14H16N2O. The van der Waals surface area contributed by atoms with Gasteiger partial charge >= 0.3 is 0 Å². The number of carbonyl (C=O) groups is 1. The number of nitrogens with zero attached hydrogens (tertiary/aromatic N) is 1. The molecule has 1 amide bonds. The van der Waals surface area contributed by atoms with Gasteiger partial charge in [0.15, 0.2) is 0 Å². The fourth-order valence-electron chi connectivity index (χ4n) is 1.48. The van der Waals surface area contributed by atoms with Crippen LogP contribution in [0.2, 0.25) is 0 Å². The summed E-state index contributed by atoms with van der Waals surface area (Å²) in [5.41, 5.74) is 4.69. The van der Waals surface area contributed by atoms with Crippen molar-refractivity contribution in [1.29, 1.82) is 0 Å². The summed E-state index contributed by atoms with van der Waals surface area (Å²) in [6, 6.07) is 10.0. The Balaban J connectivity index is 1.87. The number of allylic oxidation sites excluding steroid dienone is 1. The molecule has 0 unspecified atom stereocenters. The van der Waals surface area contributed by atoms with Crippen LogP contribution in [0.15, 0.2) is 41.0 Å². The highest BCUT2D eigenvalue weighted by atomic mass is 16.2. The van der Waals surface area contributed by atoms with E-state index >= 15 is 0 Å². The SMILES string of the molecule is CC(C=NNC(=O)C1CC1)=Cc1ccccc1. The highest BCUT2D eigenvalue weighted by Gasteiger charge is 2.29. The van der Waals surface area contributed by atoms with Crippen molar-refractivity contribution in [1.82, 2.24) is 5.43 Å². The lowest BCUT2D eigenvalue weighted by Gasteiger charge is -1.96. The lowest BCUT2D eigenvalue weighted by atomic mass is 10.1. The number of carbonyl (C=O) groups excluding carboxylic acids is 1. The zero-order valence-corrected chi connectivity index (χ0v) is 9.89. The van der Waals surface area contributed by atoms with Gasteiger partial charge in [-0.3, -0.25) is 4.79 Å². The van der Waals surface area contributed by atoms with Crippen molar-refractivity contribution in [3.63, 3.8) is 0 Å². The van der Waals surface area contributed by atoms with E-state index in [-0.39, 0.29) is 11.8 Å². The van der Waals surface area contributed by atoms with Crippen LogP contribution in [0.4, 0.5) is 0 Å². The van der Waals surface area contributed by atoms with Crippen LogP contribution in [0.5, 0.6) is 0 Å². The number of hydrazone groups is 1. The normalized spacial score (nSPS) is 16.2. The number of nitrogens with one attached hydrogen (secondary N) is 1. The minimum absolute atomic E-state index is 0.0359. The molecule has 0 atom stereocenters. The standard InChI is InChI=1S/C14H16N2O/c1-11(9-12-5-3-2-4-6-12)10-15-16-14(17)13-7-8-13/h2-6,9-10,13H,7-8H2,1H3,(H,16,17). The van der Waals surface area contributed by atoms with Gasteiger partial charge in [-0.25, -0.2) is 5.43 Å². The van der Waals surface area contributed by atoms with Crippen LogP contribution in [-0.2, 0) is 4.79 Å². The number of hydrogen-bond donors (Lipinski definition) is 1. The summed E-state index contributed by atoms with van der Waals surface area (Å²) in [5.74, 6) is 0.235. The topological polar surface area (TPSA) is 41.5 Å². The molecule has 1 aliphatic rings. The molecule has 0 aliphatic heterocycles. The third kappa shape index (κ3) is 3.87. The summed E-state index contributed by atoms with van der Waals surface area (Å²) in [6.07, 6.45) is 5.69. The van der Waals surface area contributed by atoms with Crippen LogP contribution in [0.1, 0.15) is 25.3 Å². The highest BCUT2D eigenvalue weighted by Crippen LogP contribution is 2.28. The third-order valence-corrected chi connectivity index (χ3v) is 2.58. The van der Waals surface area contributed by atoms with Crippen molar-refractivity contribution in [2.75, 3.05) is 0 Å². The largest absolute Gasteiger partial charge is 0.273 e. The Morgan fingerprint density at radius 2 is 2.06 bits per heavy atom. The van der Waals surface area contributed by atoms with Crippen molar-refractivity contribution >= 4 is 18.2 Å². The molecule has 3 nitrogen and oxygen atoms in total. The molecule has 0 heterocycles. The molecule has 1 fully saturated rings.